The predicted molar refractivity (Wildman–Crippen MR) is 75.5 cm³/mol. The molecule has 1 saturated heterocycles. The molecule has 1 aliphatic heterocycles. The number of hydrogen-bond acceptors (Lipinski definition) is 4. The van der Waals surface area contributed by atoms with Crippen molar-refractivity contribution in [2.75, 3.05) is 26.0 Å². The number of ether oxygens (including phenoxy) is 1. The van der Waals surface area contributed by atoms with Gasteiger partial charge in [-0.1, -0.05) is 13.8 Å². The molecule has 0 radical (unpaired) electrons. The number of sulfonamides is 1. The van der Waals surface area contributed by atoms with Gasteiger partial charge < -0.3 is 10.1 Å². The SMILES string of the molecule is COC1CC(NS(=O)(=O)CC2CCCNC2)C1(C)C. The Kier molecular flexibility index (Phi) is 4.55. The zero-order valence-corrected chi connectivity index (χ0v) is 12.9. The summed E-state index contributed by atoms with van der Waals surface area (Å²) >= 11 is 0. The van der Waals surface area contributed by atoms with E-state index in [2.05, 4.69) is 23.9 Å². The summed E-state index contributed by atoms with van der Waals surface area (Å²) in [6.45, 7) is 5.94. The van der Waals surface area contributed by atoms with Crippen LogP contribution in [0.4, 0.5) is 0 Å². The van der Waals surface area contributed by atoms with E-state index in [1.54, 1.807) is 7.11 Å². The molecule has 2 aliphatic rings. The summed E-state index contributed by atoms with van der Waals surface area (Å²) in [6.07, 6.45) is 2.99. The van der Waals surface area contributed by atoms with Gasteiger partial charge in [0.2, 0.25) is 10.0 Å². The minimum absolute atomic E-state index is 0.000926. The van der Waals surface area contributed by atoms with Crippen molar-refractivity contribution in [2.24, 2.45) is 11.3 Å². The molecular weight excluding hydrogens is 264 g/mol. The number of piperidine rings is 1. The van der Waals surface area contributed by atoms with Crippen LogP contribution in [-0.4, -0.2) is 46.5 Å². The fourth-order valence-corrected chi connectivity index (χ4v) is 4.96. The van der Waals surface area contributed by atoms with Gasteiger partial charge in [-0.25, -0.2) is 13.1 Å². The van der Waals surface area contributed by atoms with Gasteiger partial charge in [-0.3, -0.25) is 0 Å². The molecule has 1 saturated carbocycles. The van der Waals surface area contributed by atoms with E-state index in [0.717, 1.165) is 32.4 Å². The number of hydrogen-bond donors (Lipinski definition) is 2. The fourth-order valence-electron chi connectivity index (χ4n) is 3.13. The lowest BCUT2D eigenvalue weighted by Crippen LogP contribution is -2.62. The molecule has 2 N–H and O–H groups in total. The minimum Gasteiger partial charge on any atom is -0.381 e. The summed E-state index contributed by atoms with van der Waals surface area (Å²) in [5.41, 5.74) is -0.118. The molecule has 0 spiro atoms. The van der Waals surface area contributed by atoms with Gasteiger partial charge in [0, 0.05) is 18.6 Å². The molecule has 2 rings (SSSR count). The van der Waals surface area contributed by atoms with E-state index in [-0.39, 0.29) is 29.2 Å². The second-order valence-electron chi connectivity index (χ2n) is 6.45. The Morgan fingerprint density at radius 1 is 1.42 bits per heavy atom. The van der Waals surface area contributed by atoms with Crippen LogP contribution in [0, 0.1) is 11.3 Å². The molecule has 0 amide bonds. The normalized spacial score (nSPS) is 34.8. The molecule has 1 heterocycles. The summed E-state index contributed by atoms with van der Waals surface area (Å²) in [5, 5.41) is 3.26. The average Bonchev–Trinajstić information content (AvgIpc) is 2.34. The maximum absolute atomic E-state index is 12.2. The van der Waals surface area contributed by atoms with E-state index >= 15 is 0 Å². The van der Waals surface area contributed by atoms with E-state index in [1.807, 2.05) is 0 Å². The lowest BCUT2D eigenvalue weighted by atomic mass is 9.65. The average molecular weight is 290 g/mol. The molecule has 1 aliphatic carbocycles. The molecule has 0 aromatic carbocycles. The Hall–Kier alpha value is -0.170. The topological polar surface area (TPSA) is 67.4 Å². The van der Waals surface area contributed by atoms with Crippen LogP contribution in [0.15, 0.2) is 0 Å². The van der Waals surface area contributed by atoms with E-state index in [9.17, 15) is 8.42 Å². The van der Waals surface area contributed by atoms with Crippen molar-refractivity contribution >= 4 is 10.0 Å². The van der Waals surface area contributed by atoms with Crippen molar-refractivity contribution in [2.45, 2.75) is 45.3 Å². The van der Waals surface area contributed by atoms with Crippen molar-refractivity contribution in [1.82, 2.24) is 10.0 Å². The van der Waals surface area contributed by atoms with E-state index in [1.165, 1.54) is 0 Å². The maximum atomic E-state index is 12.2. The molecule has 2 fully saturated rings. The largest absolute Gasteiger partial charge is 0.381 e. The van der Waals surface area contributed by atoms with Gasteiger partial charge in [0.1, 0.15) is 0 Å². The van der Waals surface area contributed by atoms with Crippen LogP contribution in [0.25, 0.3) is 0 Å². The molecular formula is C13H26N2O3S. The van der Waals surface area contributed by atoms with Crippen LogP contribution in [0.3, 0.4) is 0 Å². The molecule has 3 atom stereocenters. The lowest BCUT2D eigenvalue weighted by molar-refractivity contribution is -0.0908. The van der Waals surface area contributed by atoms with Gasteiger partial charge in [-0.2, -0.15) is 0 Å². The smallest absolute Gasteiger partial charge is 0.212 e. The number of rotatable bonds is 5. The van der Waals surface area contributed by atoms with Crippen LogP contribution in [0.5, 0.6) is 0 Å². The second-order valence-corrected chi connectivity index (χ2v) is 8.24. The Morgan fingerprint density at radius 2 is 2.16 bits per heavy atom. The maximum Gasteiger partial charge on any atom is 0.212 e. The molecule has 5 nitrogen and oxygen atoms in total. The van der Waals surface area contributed by atoms with Gasteiger partial charge >= 0.3 is 0 Å². The Morgan fingerprint density at radius 3 is 2.68 bits per heavy atom. The van der Waals surface area contributed by atoms with Crippen molar-refractivity contribution in [1.29, 1.82) is 0 Å². The van der Waals surface area contributed by atoms with E-state index < -0.39 is 10.0 Å². The third-order valence-corrected chi connectivity index (χ3v) is 6.19. The molecule has 3 unspecified atom stereocenters. The number of nitrogens with one attached hydrogen (secondary N) is 2. The molecule has 0 aromatic heterocycles. The molecule has 0 bridgehead atoms. The molecule has 0 aromatic rings. The monoisotopic (exact) mass is 290 g/mol. The Labute approximate surface area is 116 Å². The highest BCUT2D eigenvalue weighted by Gasteiger charge is 2.50. The summed E-state index contributed by atoms with van der Waals surface area (Å²) in [7, 11) is -1.50. The highest BCUT2D eigenvalue weighted by Crippen LogP contribution is 2.42. The third-order valence-electron chi connectivity index (χ3n) is 4.64. The van der Waals surface area contributed by atoms with E-state index in [0.29, 0.717) is 0 Å². The zero-order valence-electron chi connectivity index (χ0n) is 12.1. The Bertz CT molecular complexity index is 402. The van der Waals surface area contributed by atoms with Gasteiger partial charge in [-0.15, -0.1) is 0 Å². The summed E-state index contributed by atoms with van der Waals surface area (Å²) in [5.74, 6) is 0.484. The predicted octanol–water partition coefficient (Wildman–Crippen LogP) is 0.719. The van der Waals surface area contributed by atoms with Crippen molar-refractivity contribution in [3.8, 4) is 0 Å². The first-order valence-corrected chi connectivity index (χ1v) is 8.74. The molecule has 19 heavy (non-hydrogen) atoms. The van der Waals surface area contributed by atoms with Gasteiger partial charge in [-0.05, 0) is 38.3 Å². The zero-order chi connectivity index (χ0) is 14.1. The molecule has 112 valence electrons. The summed E-state index contributed by atoms with van der Waals surface area (Å²) in [4.78, 5) is 0. The highest BCUT2D eigenvalue weighted by molar-refractivity contribution is 7.89. The molecule has 6 heteroatoms. The highest BCUT2D eigenvalue weighted by atomic mass is 32.2. The summed E-state index contributed by atoms with van der Waals surface area (Å²) in [6, 6.07) is -0.000926. The quantitative estimate of drug-likeness (QED) is 0.783. The van der Waals surface area contributed by atoms with Crippen molar-refractivity contribution in [3.63, 3.8) is 0 Å². The fraction of sp³-hybridized carbons (Fsp3) is 1.00. The Balaban J connectivity index is 1.87. The van der Waals surface area contributed by atoms with E-state index in [4.69, 9.17) is 4.74 Å². The second kappa shape index (κ2) is 5.68. The van der Waals surface area contributed by atoms with Crippen molar-refractivity contribution in [3.05, 3.63) is 0 Å². The van der Waals surface area contributed by atoms with Crippen LogP contribution in [0.2, 0.25) is 0 Å². The van der Waals surface area contributed by atoms with Gasteiger partial charge in [0.05, 0.1) is 11.9 Å². The van der Waals surface area contributed by atoms with Gasteiger partial charge in [0.15, 0.2) is 0 Å². The standard InChI is InChI=1S/C13H26N2O3S/c1-13(2)11(7-12(13)18-3)15-19(16,17)9-10-5-4-6-14-8-10/h10-12,14-15H,4-9H2,1-3H3. The minimum atomic E-state index is -3.19. The van der Waals surface area contributed by atoms with Crippen molar-refractivity contribution < 1.29 is 13.2 Å². The van der Waals surface area contributed by atoms with Gasteiger partial charge in [0.25, 0.3) is 0 Å². The van der Waals surface area contributed by atoms with Crippen LogP contribution >= 0.6 is 0 Å². The summed E-state index contributed by atoms with van der Waals surface area (Å²) < 4.78 is 32.6. The number of methoxy groups -OCH3 is 1. The first kappa shape index (κ1) is 15.2. The van der Waals surface area contributed by atoms with Crippen LogP contribution < -0.4 is 10.0 Å². The lowest BCUT2D eigenvalue weighted by Gasteiger charge is -2.51. The van der Waals surface area contributed by atoms with Crippen LogP contribution in [0.1, 0.15) is 33.1 Å². The first-order chi connectivity index (χ1) is 8.85. The first-order valence-electron chi connectivity index (χ1n) is 7.08. The third kappa shape index (κ3) is 3.48. The van der Waals surface area contributed by atoms with Crippen LogP contribution in [-0.2, 0) is 14.8 Å².